The molecule has 2 atom stereocenters. The van der Waals surface area contributed by atoms with Gasteiger partial charge in [-0.2, -0.15) is 0 Å². The first kappa shape index (κ1) is 30.2. The van der Waals surface area contributed by atoms with Gasteiger partial charge >= 0.3 is 0 Å². The summed E-state index contributed by atoms with van der Waals surface area (Å²) in [6.45, 7) is 8.94. The molecule has 4 aromatic carbocycles. The van der Waals surface area contributed by atoms with E-state index in [2.05, 4.69) is 110 Å². The number of allylic oxidation sites excluding steroid dienone is 6. The van der Waals surface area contributed by atoms with Crippen molar-refractivity contribution in [3.63, 3.8) is 0 Å². The van der Waals surface area contributed by atoms with Gasteiger partial charge in [-0.05, 0) is 60.1 Å². The van der Waals surface area contributed by atoms with Gasteiger partial charge in [-0.15, -0.1) is 29.3 Å². The van der Waals surface area contributed by atoms with E-state index < -0.39 is 0 Å². The van der Waals surface area contributed by atoms with E-state index in [-0.39, 0.29) is 11.3 Å². The van der Waals surface area contributed by atoms with Gasteiger partial charge in [-0.25, -0.2) is 9.97 Å². The first-order valence-electron chi connectivity index (χ1n) is 18.1. The normalized spacial score (nSPS) is 19.7. The van der Waals surface area contributed by atoms with Crippen LogP contribution in [0.5, 0.6) is 0 Å². The van der Waals surface area contributed by atoms with Gasteiger partial charge in [0.15, 0.2) is 0 Å². The molecule has 3 heterocycles. The summed E-state index contributed by atoms with van der Waals surface area (Å²) in [4.78, 5) is 9.63. The molecule has 244 valence electrons. The van der Waals surface area contributed by atoms with Crippen LogP contribution in [-0.2, 0) is 5.41 Å². The lowest BCUT2D eigenvalue weighted by atomic mass is 9.66. The first-order chi connectivity index (χ1) is 24.7. The summed E-state index contributed by atoms with van der Waals surface area (Å²) in [6, 6.07) is 27.8. The maximum atomic E-state index is 4.82. The lowest BCUT2D eigenvalue weighted by molar-refractivity contribution is 0.344. The van der Waals surface area contributed by atoms with Crippen LogP contribution in [0.1, 0.15) is 73.6 Å². The topological polar surface area (TPSA) is 25.8 Å². The third-order valence-corrected chi connectivity index (χ3v) is 14.3. The molecule has 3 aliphatic carbocycles. The molecule has 0 saturated heterocycles. The van der Waals surface area contributed by atoms with Gasteiger partial charge in [0.2, 0.25) is 0 Å². The molecule has 2 nitrogen and oxygen atoms in total. The summed E-state index contributed by atoms with van der Waals surface area (Å²) in [5, 5.41) is 3.89. The standard InChI is InChI=1S/C46H38N2S2/c1-3-13-31-28(2)46(24-8-5-9-25-46)40-32(16-10-17-33(31)40)30-22-23-39-38(26-30)36-20-11-18-34(43(36)49-39)35-19-12-21-37-42-45(50-44(35)37)41(47-27-48-42)29-14-6-4-7-15-29/h3-4,6-7,10-12,14,16-23,26-27,29,31H,1-2,5,8-9,13,15,24-25H2. The maximum Gasteiger partial charge on any atom is 0.116 e. The van der Waals surface area contributed by atoms with Crippen LogP contribution < -0.4 is 0 Å². The van der Waals surface area contributed by atoms with E-state index in [1.165, 1.54) is 100 Å². The molecule has 0 N–H and O–H groups in total. The fourth-order valence-electron chi connectivity index (χ4n) is 9.53. The predicted molar refractivity (Wildman–Crippen MR) is 216 cm³/mol. The highest BCUT2D eigenvalue weighted by Crippen LogP contribution is 2.60. The Bertz CT molecular complexity index is 2590. The van der Waals surface area contributed by atoms with Gasteiger partial charge in [0.1, 0.15) is 6.33 Å². The minimum Gasteiger partial charge on any atom is -0.239 e. The number of hydrogen-bond acceptors (Lipinski definition) is 4. The van der Waals surface area contributed by atoms with E-state index >= 15 is 0 Å². The molecule has 10 rings (SSSR count). The minimum absolute atomic E-state index is 0.0772. The largest absolute Gasteiger partial charge is 0.239 e. The fraction of sp³-hybridized carbons (Fsp3) is 0.217. The summed E-state index contributed by atoms with van der Waals surface area (Å²) < 4.78 is 5.17. The first-order valence-corrected chi connectivity index (χ1v) is 19.7. The third-order valence-electron chi connectivity index (χ3n) is 11.8. The SMILES string of the molecule is C=CCC1C(=C)C2(CCCCC2)c2c(-c3ccc4sc5c(-c6cccc7c6sc6c(C8C=CC=CC8)ncnc67)cccc5c4c3)cccc21. The Kier molecular flexibility index (Phi) is 7.08. The lowest BCUT2D eigenvalue weighted by Crippen LogP contribution is -2.29. The molecule has 0 amide bonds. The van der Waals surface area contributed by atoms with Crippen molar-refractivity contribution in [1.82, 2.24) is 9.97 Å². The summed E-state index contributed by atoms with van der Waals surface area (Å²) in [5.41, 5.74) is 12.0. The van der Waals surface area contributed by atoms with Crippen LogP contribution in [0.2, 0.25) is 0 Å². The summed E-state index contributed by atoms with van der Waals surface area (Å²) in [7, 11) is 0. The van der Waals surface area contributed by atoms with Gasteiger partial charge < -0.3 is 0 Å². The molecular weight excluding hydrogens is 645 g/mol. The van der Waals surface area contributed by atoms with Crippen LogP contribution in [0.3, 0.4) is 0 Å². The quantitative estimate of drug-likeness (QED) is 0.169. The highest BCUT2D eigenvalue weighted by Gasteiger charge is 2.48. The lowest BCUT2D eigenvalue weighted by Gasteiger charge is -2.38. The van der Waals surface area contributed by atoms with Crippen molar-refractivity contribution in [3.8, 4) is 22.3 Å². The summed E-state index contributed by atoms with van der Waals surface area (Å²) >= 11 is 3.77. The third kappa shape index (κ3) is 4.37. The Hall–Kier alpha value is -4.64. The van der Waals surface area contributed by atoms with E-state index in [4.69, 9.17) is 16.5 Å². The van der Waals surface area contributed by atoms with Crippen LogP contribution in [0.25, 0.3) is 62.7 Å². The molecular formula is C46H38N2S2. The van der Waals surface area contributed by atoms with Crippen LogP contribution in [-0.4, -0.2) is 9.97 Å². The second-order valence-corrected chi connectivity index (χ2v) is 16.5. The van der Waals surface area contributed by atoms with Crippen LogP contribution in [0, 0.1) is 0 Å². The average molecular weight is 683 g/mol. The molecule has 1 fully saturated rings. The van der Waals surface area contributed by atoms with Crippen molar-refractivity contribution in [3.05, 3.63) is 145 Å². The Morgan fingerprint density at radius 3 is 2.36 bits per heavy atom. The molecule has 3 aromatic heterocycles. The van der Waals surface area contributed by atoms with Gasteiger partial charge in [-0.3, -0.25) is 0 Å². The zero-order chi connectivity index (χ0) is 33.4. The van der Waals surface area contributed by atoms with E-state index in [1.54, 1.807) is 11.9 Å². The van der Waals surface area contributed by atoms with Crippen LogP contribution >= 0.6 is 22.7 Å². The molecule has 4 heteroatoms. The van der Waals surface area contributed by atoms with Gasteiger partial charge in [-0.1, -0.05) is 122 Å². The number of nitrogens with zero attached hydrogens (tertiary/aromatic N) is 2. The molecule has 2 unspecified atom stereocenters. The fourth-order valence-corrected chi connectivity index (χ4v) is 12.1. The number of rotatable bonds is 5. The molecule has 7 aromatic rings. The second-order valence-electron chi connectivity index (χ2n) is 14.4. The Morgan fingerprint density at radius 2 is 1.56 bits per heavy atom. The van der Waals surface area contributed by atoms with Crippen molar-refractivity contribution >= 4 is 63.1 Å². The van der Waals surface area contributed by atoms with Crippen molar-refractivity contribution < 1.29 is 0 Å². The number of thiophene rings is 2. The van der Waals surface area contributed by atoms with Gasteiger partial charge in [0, 0.05) is 58.6 Å². The number of hydrogen-bond donors (Lipinski definition) is 0. The van der Waals surface area contributed by atoms with Crippen molar-refractivity contribution in [2.75, 3.05) is 0 Å². The Labute approximate surface area is 301 Å². The summed E-state index contributed by atoms with van der Waals surface area (Å²) in [6.07, 6.45) is 20.9. The number of aromatic nitrogens is 2. The maximum absolute atomic E-state index is 4.82. The van der Waals surface area contributed by atoms with Crippen LogP contribution in [0.15, 0.2) is 128 Å². The number of fused-ring (bicyclic) bond motifs is 8. The van der Waals surface area contributed by atoms with E-state index in [0.29, 0.717) is 5.92 Å². The van der Waals surface area contributed by atoms with E-state index in [9.17, 15) is 0 Å². The van der Waals surface area contributed by atoms with Crippen molar-refractivity contribution in [2.24, 2.45) is 0 Å². The zero-order valence-electron chi connectivity index (χ0n) is 28.1. The second kappa shape index (κ2) is 11.7. The summed E-state index contributed by atoms with van der Waals surface area (Å²) in [5.74, 6) is 0.649. The molecule has 0 radical (unpaired) electrons. The highest BCUT2D eigenvalue weighted by atomic mass is 32.1. The monoisotopic (exact) mass is 682 g/mol. The molecule has 3 aliphatic rings. The van der Waals surface area contributed by atoms with E-state index in [1.807, 2.05) is 22.7 Å². The van der Waals surface area contributed by atoms with Crippen molar-refractivity contribution in [1.29, 1.82) is 0 Å². The van der Waals surface area contributed by atoms with Gasteiger partial charge in [0.25, 0.3) is 0 Å². The molecule has 50 heavy (non-hydrogen) atoms. The molecule has 1 saturated carbocycles. The molecule has 0 bridgehead atoms. The van der Waals surface area contributed by atoms with Crippen molar-refractivity contribution in [2.45, 2.75) is 62.2 Å². The van der Waals surface area contributed by atoms with E-state index in [0.717, 1.165) is 24.1 Å². The van der Waals surface area contributed by atoms with Crippen LogP contribution in [0.4, 0.5) is 0 Å². The van der Waals surface area contributed by atoms with Gasteiger partial charge in [0.05, 0.1) is 15.9 Å². The Morgan fingerprint density at radius 1 is 0.780 bits per heavy atom. The Balaban J connectivity index is 1.14. The zero-order valence-corrected chi connectivity index (χ0v) is 29.8. The smallest absolute Gasteiger partial charge is 0.116 e. The highest BCUT2D eigenvalue weighted by molar-refractivity contribution is 7.27. The number of benzene rings is 4. The molecule has 1 spiro atoms. The molecule has 0 aliphatic heterocycles. The minimum atomic E-state index is 0.0772. The average Bonchev–Trinajstić information content (AvgIpc) is 3.81. The predicted octanol–water partition coefficient (Wildman–Crippen LogP) is 13.6.